The predicted octanol–water partition coefficient (Wildman–Crippen LogP) is 1.92. The van der Waals surface area contributed by atoms with E-state index in [9.17, 15) is 14.0 Å². The Morgan fingerprint density at radius 2 is 2.12 bits per heavy atom. The highest BCUT2D eigenvalue weighted by Gasteiger charge is 2.20. The summed E-state index contributed by atoms with van der Waals surface area (Å²) in [7, 11) is 0. The number of rotatable bonds is 3. The average molecular weight is 339 g/mol. The Bertz CT molecular complexity index is 1100. The van der Waals surface area contributed by atoms with E-state index in [1.54, 1.807) is 0 Å². The molecule has 0 aliphatic rings. The molecule has 3 aromatic rings. The fourth-order valence-corrected chi connectivity index (χ4v) is 2.75. The van der Waals surface area contributed by atoms with E-state index in [0.29, 0.717) is 16.8 Å². The van der Waals surface area contributed by atoms with Gasteiger partial charge >= 0.3 is 0 Å². The minimum Gasteiger partial charge on any atom is -0.366 e. The highest BCUT2D eigenvalue weighted by Crippen LogP contribution is 2.27. The number of nitriles is 1. The molecule has 0 unspecified atom stereocenters. The molecule has 0 aliphatic carbocycles. The van der Waals surface area contributed by atoms with E-state index in [1.807, 2.05) is 19.9 Å². The first-order valence-electron chi connectivity index (χ1n) is 7.48. The van der Waals surface area contributed by atoms with Crippen LogP contribution in [-0.4, -0.2) is 20.5 Å². The number of amides is 1. The maximum Gasteiger partial charge on any atom is 0.278 e. The smallest absolute Gasteiger partial charge is 0.278 e. The summed E-state index contributed by atoms with van der Waals surface area (Å²) in [5.74, 6) is -1.65. The summed E-state index contributed by atoms with van der Waals surface area (Å²) in [6.45, 7) is 3.62. The normalized spacial score (nSPS) is 11.0. The number of hydrogen-bond acceptors (Lipinski definition) is 4. The Balaban J connectivity index is 2.43. The Morgan fingerprint density at radius 1 is 1.40 bits per heavy atom. The number of hydrogen-bond donors (Lipinski definition) is 2. The van der Waals surface area contributed by atoms with Gasteiger partial charge in [-0.05, 0) is 24.1 Å². The number of aromatic nitrogens is 3. The van der Waals surface area contributed by atoms with Gasteiger partial charge in [-0.25, -0.2) is 4.39 Å². The van der Waals surface area contributed by atoms with E-state index in [2.05, 4.69) is 10.1 Å². The second-order valence-electron chi connectivity index (χ2n) is 5.90. The molecule has 1 amide bonds. The molecule has 8 heteroatoms. The van der Waals surface area contributed by atoms with E-state index < -0.39 is 17.3 Å². The lowest BCUT2D eigenvalue weighted by Gasteiger charge is -2.14. The van der Waals surface area contributed by atoms with Gasteiger partial charge in [-0.2, -0.15) is 14.9 Å². The zero-order valence-electron chi connectivity index (χ0n) is 13.5. The maximum absolute atomic E-state index is 13.9. The van der Waals surface area contributed by atoms with Crippen LogP contribution in [0.3, 0.4) is 0 Å². The van der Waals surface area contributed by atoms with Gasteiger partial charge in [0.05, 0.1) is 11.9 Å². The topological polar surface area (TPSA) is 117 Å². The van der Waals surface area contributed by atoms with Crippen molar-refractivity contribution >= 4 is 11.6 Å². The van der Waals surface area contributed by atoms with Crippen LogP contribution in [0.25, 0.3) is 16.9 Å². The molecule has 25 heavy (non-hydrogen) atoms. The number of H-pyrrole nitrogens is 1. The van der Waals surface area contributed by atoms with Crippen LogP contribution in [0, 0.1) is 17.1 Å². The number of nitrogens with zero attached hydrogens (tertiary/aromatic N) is 3. The number of nitrogens with two attached hydrogens (primary N) is 1. The molecule has 0 radical (unpaired) electrons. The van der Waals surface area contributed by atoms with Crippen LogP contribution in [0.15, 0.2) is 29.2 Å². The summed E-state index contributed by atoms with van der Waals surface area (Å²) in [4.78, 5) is 27.2. The van der Waals surface area contributed by atoms with E-state index in [-0.39, 0.29) is 22.7 Å². The van der Waals surface area contributed by atoms with Gasteiger partial charge in [-0.3, -0.25) is 9.59 Å². The quantitative estimate of drug-likeness (QED) is 0.758. The van der Waals surface area contributed by atoms with Gasteiger partial charge in [0.2, 0.25) is 5.91 Å². The number of halogens is 1. The molecular weight excluding hydrogens is 325 g/mol. The minimum atomic E-state index is -0.780. The van der Waals surface area contributed by atoms with Gasteiger partial charge in [0.25, 0.3) is 5.56 Å². The fraction of sp³-hybridized carbons (Fsp3) is 0.176. The van der Waals surface area contributed by atoms with Crippen molar-refractivity contribution in [2.45, 2.75) is 19.8 Å². The van der Waals surface area contributed by atoms with Gasteiger partial charge in [0.15, 0.2) is 5.65 Å². The zero-order chi connectivity index (χ0) is 18.3. The molecule has 0 fully saturated rings. The van der Waals surface area contributed by atoms with Crippen molar-refractivity contribution in [2.75, 3.05) is 0 Å². The molecule has 0 spiro atoms. The monoisotopic (exact) mass is 339 g/mol. The minimum absolute atomic E-state index is 0.0144. The van der Waals surface area contributed by atoms with E-state index in [4.69, 9.17) is 11.0 Å². The SMILES string of the molecule is CC(C)c1c(-c2cc(F)cc(C(N)=O)c2)[nH]c2c(C#N)cnn2c1=O. The Kier molecular flexibility index (Phi) is 3.85. The number of benzene rings is 1. The summed E-state index contributed by atoms with van der Waals surface area (Å²) in [5.41, 5.74) is 6.18. The lowest BCUT2D eigenvalue weighted by molar-refractivity contribution is 0.1000. The van der Waals surface area contributed by atoms with Crippen molar-refractivity contribution in [2.24, 2.45) is 5.73 Å². The third-order valence-electron chi connectivity index (χ3n) is 3.87. The maximum atomic E-state index is 13.9. The standard InChI is InChI=1S/C17H14FN5O2/c1-8(2)13-14(9-3-10(15(20)24)5-12(18)4-9)22-16-11(6-19)7-21-23(16)17(13)25/h3-5,7-8,22H,1-2H3,(H2,20,24). The average Bonchev–Trinajstić information content (AvgIpc) is 2.97. The Hall–Kier alpha value is -3.47. The summed E-state index contributed by atoms with van der Waals surface area (Å²) in [6, 6.07) is 5.57. The first-order chi connectivity index (χ1) is 11.8. The molecule has 0 bridgehead atoms. The van der Waals surface area contributed by atoms with Crippen molar-refractivity contribution in [3.63, 3.8) is 0 Å². The number of aromatic amines is 1. The molecule has 3 N–H and O–H groups in total. The van der Waals surface area contributed by atoms with Crippen LogP contribution in [-0.2, 0) is 0 Å². The summed E-state index contributed by atoms with van der Waals surface area (Å²) in [6.07, 6.45) is 1.28. The third-order valence-corrected chi connectivity index (χ3v) is 3.87. The van der Waals surface area contributed by atoms with Crippen molar-refractivity contribution in [3.05, 3.63) is 57.3 Å². The van der Waals surface area contributed by atoms with E-state index in [1.165, 1.54) is 18.3 Å². The molecule has 0 saturated heterocycles. The molecule has 1 aromatic carbocycles. The zero-order valence-corrected chi connectivity index (χ0v) is 13.5. The van der Waals surface area contributed by atoms with Gasteiger partial charge in [-0.15, -0.1) is 0 Å². The van der Waals surface area contributed by atoms with E-state index >= 15 is 0 Å². The molecule has 2 aromatic heterocycles. The van der Waals surface area contributed by atoms with Crippen LogP contribution in [0.2, 0.25) is 0 Å². The lowest BCUT2D eigenvalue weighted by Crippen LogP contribution is -2.22. The molecule has 126 valence electrons. The first kappa shape index (κ1) is 16.4. The molecule has 0 atom stereocenters. The number of carbonyl (C=O) groups excluding carboxylic acids is 1. The van der Waals surface area contributed by atoms with Crippen molar-refractivity contribution in [3.8, 4) is 17.3 Å². The molecular formula is C17H14FN5O2. The van der Waals surface area contributed by atoms with Gasteiger partial charge < -0.3 is 10.7 Å². The van der Waals surface area contributed by atoms with Gasteiger partial charge in [-0.1, -0.05) is 13.8 Å². The molecule has 0 aliphatic heterocycles. The van der Waals surface area contributed by atoms with Crippen molar-refractivity contribution < 1.29 is 9.18 Å². The highest BCUT2D eigenvalue weighted by atomic mass is 19.1. The summed E-state index contributed by atoms with van der Waals surface area (Å²) >= 11 is 0. The third kappa shape index (κ3) is 2.65. The van der Waals surface area contributed by atoms with Gasteiger partial charge in [0, 0.05) is 16.7 Å². The summed E-state index contributed by atoms with van der Waals surface area (Å²) in [5, 5.41) is 13.1. The molecule has 7 nitrogen and oxygen atoms in total. The summed E-state index contributed by atoms with van der Waals surface area (Å²) < 4.78 is 15.0. The van der Waals surface area contributed by atoms with E-state index in [0.717, 1.165) is 10.6 Å². The van der Waals surface area contributed by atoms with Gasteiger partial charge in [0.1, 0.15) is 17.4 Å². The Labute approximate surface area is 141 Å². The molecule has 2 heterocycles. The first-order valence-corrected chi connectivity index (χ1v) is 7.48. The number of nitrogens with one attached hydrogen (secondary N) is 1. The molecule has 0 saturated carbocycles. The van der Waals surface area contributed by atoms with Crippen LogP contribution in [0.4, 0.5) is 4.39 Å². The second kappa shape index (κ2) is 5.87. The number of primary amides is 1. The number of fused-ring (bicyclic) bond motifs is 1. The second-order valence-corrected chi connectivity index (χ2v) is 5.90. The lowest BCUT2D eigenvalue weighted by atomic mass is 9.97. The highest BCUT2D eigenvalue weighted by molar-refractivity contribution is 5.94. The predicted molar refractivity (Wildman–Crippen MR) is 88.5 cm³/mol. The largest absolute Gasteiger partial charge is 0.366 e. The van der Waals surface area contributed by atoms with Crippen LogP contribution in [0.1, 0.15) is 41.3 Å². The van der Waals surface area contributed by atoms with Crippen LogP contribution < -0.4 is 11.3 Å². The van der Waals surface area contributed by atoms with Crippen LogP contribution in [0.5, 0.6) is 0 Å². The molecule has 3 rings (SSSR count). The van der Waals surface area contributed by atoms with Crippen molar-refractivity contribution in [1.29, 1.82) is 5.26 Å². The fourth-order valence-electron chi connectivity index (χ4n) is 2.75. The van der Waals surface area contributed by atoms with Crippen molar-refractivity contribution in [1.82, 2.24) is 14.6 Å². The number of carbonyl (C=O) groups is 1. The Morgan fingerprint density at radius 3 is 2.72 bits per heavy atom. The van der Waals surface area contributed by atoms with Crippen LogP contribution >= 0.6 is 0 Å².